The molecule has 9 heteroatoms. The Morgan fingerprint density at radius 3 is 2.87 bits per heavy atom. The van der Waals surface area contributed by atoms with Crippen LogP contribution in [0.15, 0.2) is 60.8 Å². The SMILES string of the molecule is COc1cc(CNC(=O)n2c3c(c4cc(C#N)ccc42)CN(C/C=C/c2ccc(F)cc2F)CC3)ccn1. The Hall–Kier alpha value is -4.55. The van der Waals surface area contributed by atoms with E-state index >= 15 is 0 Å². The Morgan fingerprint density at radius 2 is 2.08 bits per heavy atom. The molecule has 5 rings (SSSR count). The molecule has 0 spiro atoms. The molecule has 2 aromatic heterocycles. The van der Waals surface area contributed by atoms with Crippen LogP contribution < -0.4 is 10.1 Å². The summed E-state index contributed by atoms with van der Waals surface area (Å²) in [5.74, 6) is -0.743. The molecule has 0 aliphatic carbocycles. The van der Waals surface area contributed by atoms with Gasteiger partial charge in [0.1, 0.15) is 11.6 Å². The molecule has 0 unspecified atom stereocenters. The van der Waals surface area contributed by atoms with Crippen molar-refractivity contribution in [3.8, 4) is 11.9 Å². The van der Waals surface area contributed by atoms with E-state index in [0.717, 1.165) is 33.8 Å². The number of hydrogen-bond acceptors (Lipinski definition) is 5. The molecular weight excluding hydrogens is 488 g/mol. The first-order valence-electron chi connectivity index (χ1n) is 12.1. The first-order chi connectivity index (χ1) is 18.5. The number of fused-ring (bicyclic) bond motifs is 3. The fourth-order valence-corrected chi connectivity index (χ4v) is 4.77. The molecule has 4 aromatic rings. The van der Waals surface area contributed by atoms with E-state index in [9.17, 15) is 18.8 Å². The summed E-state index contributed by atoms with van der Waals surface area (Å²) >= 11 is 0. The number of nitriles is 1. The monoisotopic (exact) mass is 513 g/mol. The maximum Gasteiger partial charge on any atom is 0.326 e. The van der Waals surface area contributed by atoms with Gasteiger partial charge in [-0.25, -0.2) is 18.6 Å². The molecule has 1 aliphatic heterocycles. The fraction of sp³-hybridized carbons (Fsp3) is 0.207. The zero-order valence-electron chi connectivity index (χ0n) is 20.7. The highest BCUT2D eigenvalue weighted by Gasteiger charge is 2.26. The van der Waals surface area contributed by atoms with Crippen LogP contribution >= 0.6 is 0 Å². The third-order valence-electron chi connectivity index (χ3n) is 6.64. The Labute approximate surface area is 218 Å². The second-order valence-electron chi connectivity index (χ2n) is 9.02. The van der Waals surface area contributed by atoms with Crippen LogP contribution in [0.25, 0.3) is 17.0 Å². The molecule has 0 saturated heterocycles. The van der Waals surface area contributed by atoms with Crippen LogP contribution in [-0.2, 0) is 19.5 Å². The molecule has 192 valence electrons. The summed E-state index contributed by atoms with van der Waals surface area (Å²) in [7, 11) is 1.54. The lowest BCUT2D eigenvalue weighted by atomic mass is 10.0. The predicted molar refractivity (Wildman–Crippen MR) is 139 cm³/mol. The third-order valence-corrected chi connectivity index (χ3v) is 6.64. The third kappa shape index (κ3) is 5.12. The molecule has 38 heavy (non-hydrogen) atoms. The van der Waals surface area contributed by atoms with Crippen molar-refractivity contribution in [2.45, 2.75) is 19.5 Å². The normalized spacial score (nSPS) is 13.4. The van der Waals surface area contributed by atoms with Gasteiger partial charge in [0.2, 0.25) is 5.88 Å². The number of aromatic nitrogens is 2. The minimum absolute atomic E-state index is 0.253. The zero-order chi connectivity index (χ0) is 26.6. The second-order valence-corrected chi connectivity index (χ2v) is 9.02. The highest BCUT2D eigenvalue weighted by molar-refractivity contribution is 5.96. The van der Waals surface area contributed by atoms with Crippen LogP contribution in [0, 0.1) is 23.0 Å². The van der Waals surface area contributed by atoms with E-state index in [1.807, 2.05) is 24.3 Å². The first-order valence-corrected chi connectivity index (χ1v) is 12.1. The van der Waals surface area contributed by atoms with Crippen molar-refractivity contribution in [3.05, 3.63) is 100 Å². The number of halogens is 2. The molecule has 0 fully saturated rings. The molecule has 1 aliphatic rings. The average Bonchev–Trinajstić information content (AvgIpc) is 3.26. The Balaban J connectivity index is 1.39. The number of hydrogen-bond donors (Lipinski definition) is 1. The molecule has 1 amide bonds. The second kappa shape index (κ2) is 10.8. The van der Waals surface area contributed by atoms with Gasteiger partial charge >= 0.3 is 6.03 Å². The summed E-state index contributed by atoms with van der Waals surface area (Å²) in [4.78, 5) is 19.7. The minimum atomic E-state index is -0.610. The molecule has 2 aromatic carbocycles. The maximum atomic E-state index is 14.0. The van der Waals surface area contributed by atoms with E-state index in [2.05, 4.69) is 21.3 Å². The smallest absolute Gasteiger partial charge is 0.326 e. The molecule has 0 bridgehead atoms. The number of pyridine rings is 1. The van der Waals surface area contributed by atoms with Gasteiger partial charge < -0.3 is 10.1 Å². The summed E-state index contributed by atoms with van der Waals surface area (Å²) in [6.07, 6.45) is 5.74. The number of rotatable bonds is 6. The van der Waals surface area contributed by atoms with Crippen molar-refractivity contribution < 1.29 is 18.3 Å². The summed E-state index contributed by atoms with van der Waals surface area (Å²) < 4.78 is 34.0. The van der Waals surface area contributed by atoms with Gasteiger partial charge in [-0.2, -0.15) is 5.26 Å². The zero-order valence-corrected chi connectivity index (χ0v) is 20.7. The molecule has 0 atom stereocenters. The topological polar surface area (TPSA) is 83.2 Å². The van der Waals surface area contributed by atoms with Gasteiger partial charge in [-0.05, 0) is 47.5 Å². The largest absolute Gasteiger partial charge is 0.481 e. The number of nitrogens with one attached hydrogen (secondary N) is 1. The summed E-state index contributed by atoms with van der Waals surface area (Å²) in [5.41, 5.74) is 4.34. The number of amides is 1. The fourth-order valence-electron chi connectivity index (χ4n) is 4.77. The molecule has 0 saturated carbocycles. The van der Waals surface area contributed by atoms with Crippen molar-refractivity contribution in [3.63, 3.8) is 0 Å². The van der Waals surface area contributed by atoms with Crippen molar-refractivity contribution in [1.82, 2.24) is 19.8 Å². The van der Waals surface area contributed by atoms with Gasteiger partial charge in [-0.1, -0.05) is 12.2 Å². The van der Waals surface area contributed by atoms with Crippen LogP contribution in [0.3, 0.4) is 0 Å². The van der Waals surface area contributed by atoms with Gasteiger partial charge in [0, 0.05) is 67.6 Å². The van der Waals surface area contributed by atoms with Gasteiger partial charge in [0.25, 0.3) is 0 Å². The number of ether oxygens (including phenoxy) is 1. The van der Waals surface area contributed by atoms with Gasteiger partial charge in [-0.3, -0.25) is 9.47 Å². The summed E-state index contributed by atoms with van der Waals surface area (Å²) in [6.45, 7) is 2.12. The molecule has 1 N–H and O–H groups in total. The molecule has 7 nitrogen and oxygen atoms in total. The van der Waals surface area contributed by atoms with Crippen LogP contribution in [0.1, 0.15) is 27.9 Å². The highest BCUT2D eigenvalue weighted by Crippen LogP contribution is 2.32. The number of carbonyl (C=O) groups is 1. The number of carbonyl (C=O) groups excluding carboxylic acids is 1. The number of nitrogens with zero attached hydrogens (tertiary/aromatic N) is 4. The Kier molecular flexibility index (Phi) is 7.15. The average molecular weight is 514 g/mol. The van der Waals surface area contributed by atoms with Crippen LogP contribution in [0.4, 0.5) is 13.6 Å². The first kappa shape index (κ1) is 25.1. The van der Waals surface area contributed by atoms with E-state index in [1.165, 1.54) is 12.1 Å². The van der Waals surface area contributed by atoms with E-state index in [0.29, 0.717) is 49.6 Å². The highest BCUT2D eigenvalue weighted by atomic mass is 19.1. The maximum absolute atomic E-state index is 14.0. The van der Waals surface area contributed by atoms with Crippen LogP contribution in [0.2, 0.25) is 0 Å². The minimum Gasteiger partial charge on any atom is -0.481 e. The molecular formula is C29H25F2N5O2. The van der Waals surface area contributed by atoms with E-state index in [-0.39, 0.29) is 6.03 Å². The molecule has 3 heterocycles. The quantitative estimate of drug-likeness (QED) is 0.391. The van der Waals surface area contributed by atoms with Gasteiger partial charge in [0.15, 0.2) is 0 Å². The van der Waals surface area contributed by atoms with Gasteiger partial charge in [-0.15, -0.1) is 0 Å². The van der Waals surface area contributed by atoms with Crippen LogP contribution in [0.5, 0.6) is 5.88 Å². The van der Waals surface area contributed by atoms with Crippen molar-refractivity contribution in [2.75, 3.05) is 20.2 Å². The lowest BCUT2D eigenvalue weighted by Crippen LogP contribution is -2.34. The Morgan fingerprint density at radius 1 is 1.21 bits per heavy atom. The van der Waals surface area contributed by atoms with E-state index < -0.39 is 11.6 Å². The lowest BCUT2D eigenvalue weighted by molar-refractivity contribution is 0.240. The van der Waals surface area contributed by atoms with Crippen molar-refractivity contribution in [2.24, 2.45) is 0 Å². The standard InChI is InChI=1S/C29H25F2N5O2/c1-38-28-14-20(8-10-33-28)17-34-29(37)36-26-7-4-19(16-32)13-23(26)24-18-35(12-9-27(24)36)11-2-3-21-5-6-22(30)15-25(21)31/h2-8,10,13-15H,9,11-12,17-18H2,1H3,(H,34,37)/b3-2+. The summed E-state index contributed by atoms with van der Waals surface area (Å²) in [6, 6.07) is 14.4. The van der Waals surface area contributed by atoms with Gasteiger partial charge in [0.05, 0.1) is 24.3 Å². The van der Waals surface area contributed by atoms with E-state index in [4.69, 9.17) is 4.74 Å². The summed E-state index contributed by atoms with van der Waals surface area (Å²) in [5, 5.41) is 13.3. The number of methoxy groups -OCH3 is 1. The van der Waals surface area contributed by atoms with E-state index in [1.54, 1.807) is 36.1 Å². The van der Waals surface area contributed by atoms with Crippen molar-refractivity contribution in [1.29, 1.82) is 5.26 Å². The predicted octanol–water partition coefficient (Wildman–Crippen LogP) is 5.02. The number of benzene rings is 2. The Bertz CT molecular complexity index is 1590. The lowest BCUT2D eigenvalue weighted by Gasteiger charge is -2.27. The van der Waals surface area contributed by atoms with Crippen LogP contribution in [-0.4, -0.2) is 40.7 Å². The van der Waals surface area contributed by atoms with Crippen molar-refractivity contribution >= 4 is 23.0 Å². The molecule has 0 radical (unpaired) electrons.